The molecule has 0 fully saturated rings. The third-order valence-corrected chi connectivity index (χ3v) is 3.61. The fourth-order valence-electron chi connectivity index (χ4n) is 2.32. The minimum absolute atomic E-state index is 0.182. The van der Waals surface area contributed by atoms with Gasteiger partial charge in [-0.1, -0.05) is 54.1 Å². The van der Waals surface area contributed by atoms with E-state index in [0.29, 0.717) is 10.9 Å². The van der Waals surface area contributed by atoms with Crippen LogP contribution in [-0.2, 0) is 4.79 Å². The zero-order chi connectivity index (χ0) is 15.5. The van der Waals surface area contributed by atoms with Gasteiger partial charge in [0.1, 0.15) is 11.9 Å². The Bertz CT molecular complexity index is 769. The Kier molecular flexibility index (Phi) is 3.94. The van der Waals surface area contributed by atoms with Crippen molar-refractivity contribution in [3.05, 3.63) is 82.5 Å². The third kappa shape index (κ3) is 2.87. The number of hydrogen-bond acceptors (Lipinski definition) is 3. The number of benzene rings is 2. The van der Waals surface area contributed by atoms with Gasteiger partial charge in [-0.05, 0) is 17.7 Å². The van der Waals surface area contributed by atoms with Gasteiger partial charge in [-0.15, -0.1) is 0 Å². The van der Waals surface area contributed by atoms with Crippen LogP contribution in [0.3, 0.4) is 0 Å². The van der Waals surface area contributed by atoms with Gasteiger partial charge < -0.3 is 10.4 Å². The third-order valence-electron chi connectivity index (χ3n) is 3.38. The molecule has 2 aromatic rings. The van der Waals surface area contributed by atoms with Crippen LogP contribution in [0.1, 0.15) is 17.2 Å². The normalized spacial score (nSPS) is 17.2. The van der Waals surface area contributed by atoms with Crippen LogP contribution in [-0.4, -0.2) is 16.9 Å². The molecule has 1 atom stereocenters. The van der Waals surface area contributed by atoms with Crippen molar-refractivity contribution in [1.82, 2.24) is 5.32 Å². The molecule has 5 heteroatoms. The zero-order valence-electron chi connectivity index (χ0n) is 11.5. The Balaban J connectivity index is 2.04. The van der Waals surface area contributed by atoms with E-state index >= 15 is 0 Å². The topological polar surface area (TPSA) is 61.7 Å². The predicted octanol–water partition coefficient (Wildman–Crippen LogP) is 3.40. The Morgan fingerprint density at radius 1 is 1.14 bits per heavy atom. The molecule has 2 aromatic carbocycles. The van der Waals surface area contributed by atoms with Crippen LogP contribution in [0.4, 0.5) is 0 Å². The summed E-state index contributed by atoms with van der Waals surface area (Å²) in [5, 5.41) is 12.9. The molecule has 110 valence electrons. The van der Waals surface area contributed by atoms with Gasteiger partial charge in [0.05, 0.1) is 5.57 Å². The van der Waals surface area contributed by atoms with Gasteiger partial charge in [0.15, 0.2) is 0 Å². The summed E-state index contributed by atoms with van der Waals surface area (Å²) in [5.74, 6) is -0.371. The van der Waals surface area contributed by atoms with E-state index in [-0.39, 0.29) is 5.57 Å². The first kappa shape index (κ1) is 14.4. The van der Waals surface area contributed by atoms with E-state index in [0.717, 1.165) is 11.1 Å². The van der Waals surface area contributed by atoms with E-state index in [4.69, 9.17) is 11.6 Å². The van der Waals surface area contributed by atoms with Crippen molar-refractivity contribution in [1.29, 1.82) is 0 Å². The van der Waals surface area contributed by atoms with Crippen LogP contribution < -0.4 is 5.32 Å². The summed E-state index contributed by atoms with van der Waals surface area (Å²) in [4.78, 5) is 16.0. The minimum atomic E-state index is -1.01. The summed E-state index contributed by atoms with van der Waals surface area (Å²) in [6.07, 6.45) is 1.49. The molecule has 0 aromatic heterocycles. The number of hydrogen-bond donors (Lipinski definition) is 2. The fourth-order valence-corrected chi connectivity index (χ4v) is 2.52. The fraction of sp³-hybridized carbons (Fsp3) is 0.0588. The summed E-state index contributed by atoms with van der Waals surface area (Å²) in [6.45, 7) is 0. The van der Waals surface area contributed by atoms with E-state index in [2.05, 4.69) is 10.3 Å². The average Bonchev–Trinajstić information content (AvgIpc) is 2.55. The molecule has 2 N–H and O–H groups in total. The second-order valence-electron chi connectivity index (χ2n) is 4.85. The lowest BCUT2D eigenvalue weighted by Gasteiger charge is -2.21. The Morgan fingerprint density at radius 3 is 2.59 bits per heavy atom. The van der Waals surface area contributed by atoms with Gasteiger partial charge >= 0.3 is 5.97 Å². The molecular weight excluding hydrogens is 300 g/mol. The van der Waals surface area contributed by atoms with Gasteiger partial charge in [0.2, 0.25) is 0 Å². The van der Waals surface area contributed by atoms with Crippen molar-refractivity contribution >= 4 is 23.4 Å². The van der Waals surface area contributed by atoms with Crippen LogP contribution in [0.25, 0.3) is 0 Å². The first-order chi connectivity index (χ1) is 10.6. The number of carboxylic acid groups (broad SMARTS) is 1. The van der Waals surface area contributed by atoms with Crippen LogP contribution in [0, 0.1) is 0 Å². The largest absolute Gasteiger partial charge is 0.478 e. The molecular formula is C17H13ClN2O2. The van der Waals surface area contributed by atoms with Crippen LogP contribution >= 0.6 is 11.6 Å². The number of amidine groups is 1. The number of halogens is 1. The molecule has 0 spiro atoms. The van der Waals surface area contributed by atoms with Crippen LogP contribution in [0.2, 0.25) is 5.02 Å². The number of aliphatic carboxylic acids is 1. The molecule has 1 heterocycles. The van der Waals surface area contributed by atoms with Crippen molar-refractivity contribution in [2.75, 3.05) is 0 Å². The average molecular weight is 313 g/mol. The highest BCUT2D eigenvalue weighted by molar-refractivity contribution is 6.30. The smallest absolute Gasteiger partial charge is 0.335 e. The van der Waals surface area contributed by atoms with Crippen molar-refractivity contribution in [2.45, 2.75) is 6.04 Å². The van der Waals surface area contributed by atoms with Crippen molar-refractivity contribution in [2.24, 2.45) is 4.99 Å². The predicted molar refractivity (Wildman–Crippen MR) is 86.0 cm³/mol. The van der Waals surface area contributed by atoms with Crippen molar-refractivity contribution in [3.63, 3.8) is 0 Å². The molecule has 0 amide bonds. The highest BCUT2D eigenvalue weighted by atomic mass is 35.5. The lowest BCUT2D eigenvalue weighted by molar-refractivity contribution is -0.133. The number of aliphatic imine (C=N–C) groups is 1. The van der Waals surface area contributed by atoms with Crippen molar-refractivity contribution < 1.29 is 9.90 Å². The zero-order valence-corrected chi connectivity index (χ0v) is 12.3. The van der Waals surface area contributed by atoms with Gasteiger partial charge in [-0.25, -0.2) is 4.79 Å². The van der Waals surface area contributed by atoms with Crippen LogP contribution in [0.5, 0.6) is 0 Å². The molecule has 0 saturated carbocycles. The SMILES string of the molecule is O=C(O)C1=CNC(c2ccccc2)=NC1c1cccc(Cl)c1. The van der Waals surface area contributed by atoms with Crippen LogP contribution in [0.15, 0.2) is 71.4 Å². The number of rotatable bonds is 3. The molecule has 3 rings (SSSR count). The number of carbonyl (C=O) groups is 1. The molecule has 1 aliphatic heterocycles. The monoisotopic (exact) mass is 312 g/mol. The molecule has 22 heavy (non-hydrogen) atoms. The van der Waals surface area contributed by atoms with E-state index in [1.54, 1.807) is 18.2 Å². The Hall–Kier alpha value is -2.59. The minimum Gasteiger partial charge on any atom is -0.478 e. The summed E-state index contributed by atoms with van der Waals surface area (Å²) in [7, 11) is 0. The summed E-state index contributed by atoms with van der Waals surface area (Å²) in [6, 6.07) is 16.1. The van der Waals surface area contributed by atoms with Gasteiger partial charge in [0.25, 0.3) is 0 Å². The number of nitrogens with one attached hydrogen (secondary N) is 1. The maximum Gasteiger partial charge on any atom is 0.335 e. The molecule has 1 aliphatic rings. The van der Waals surface area contributed by atoms with E-state index in [1.807, 2.05) is 36.4 Å². The maximum atomic E-state index is 11.5. The second kappa shape index (κ2) is 6.03. The lowest BCUT2D eigenvalue weighted by Crippen LogP contribution is -2.28. The second-order valence-corrected chi connectivity index (χ2v) is 5.29. The standard InChI is InChI=1S/C17H13ClN2O2/c18-13-8-4-7-12(9-13)15-14(17(21)22)10-19-16(20-15)11-5-2-1-3-6-11/h1-10,15H,(H,19,20)(H,21,22). The summed E-state index contributed by atoms with van der Waals surface area (Å²) in [5.41, 5.74) is 1.83. The van der Waals surface area contributed by atoms with Gasteiger partial charge in [-0.3, -0.25) is 4.99 Å². The highest BCUT2D eigenvalue weighted by Crippen LogP contribution is 2.30. The first-order valence-corrected chi connectivity index (χ1v) is 7.11. The lowest BCUT2D eigenvalue weighted by atomic mass is 9.98. The maximum absolute atomic E-state index is 11.5. The Morgan fingerprint density at radius 2 is 1.91 bits per heavy atom. The number of nitrogens with zero attached hydrogens (tertiary/aromatic N) is 1. The highest BCUT2D eigenvalue weighted by Gasteiger charge is 2.26. The molecule has 0 bridgehead atoms. The molecule has 1 unspecified atom stereocenters. The molecule has 0 radical (unpaired) electrons. The van der Waals surface area contributed by atoms with Crippen molar-refractivity contribution in [3.8, 4) is 0 Å². The van der Waals surface area contributed by atoms with E-state index in [1.165, 1.54) is 6.20 Å². The quantitative estimate of drug-likeness (QED) is 0.913. The summed E-state index contributed by atoms with van der Waals surface area (Å²) < 4.78 is 0. The van der Waals surface area contributed by atoms with Gasteiger partial charge in [-0.2, -0.15) is 0 Å². The summed E-state index contributed by atoms with van der Waals surface area (Å²) >= 11 is 6.01. The first-order valence-electron chi connectivity index (χ1n) is 6.74. The Labute approximate surface area is 132 Å². The molecule has 0 aliphatic carbocycles. The number of carboxylic acids is 1. The molecule has 4 nitrogen and oxygen atoms in total. The van der Waals surface area contributed by atoms with E-state index < -0.39 is 12.0 Å². The van der Waals surface area contributed by atoms with E-state index in [9.17, 15) is 9.90 Å². The van der Waals surface area contributed by atoms with Gasteiger partial charge in [0, 0.05) is 16.8 Å². The molecule has 0 saturated heterocycles.